The van der Waals surface area contributed by atoms with Gasteiger partial charge in [0.25, 0.3) is 11.5 Å². The molecule has 2 aromatic rings. The van der Waals surface area contributed by atoms with Crippen molar-refractivity contribution in [1.29, 1.82) is 5.26 Å². The molecule has 29 heavy (non-hydrogen) atoms. The van der Waals surface area contributed by atoms with Crippen LogP contribution in [0.25, 0.3) is 11.7 Å². The Balaban J connectivity index is 2.19. The SMILES string of the molecule is C=CCNC(=O)/C(C#N)=C\c1c(N2CCN(C)CC2)nc2c(C)cccn2c1=O. The molecule has 0 radical (unpaired) electrons. The van der Waals surface area contributed by atoms with Gasteiger partial charge in [-0.3, -0.25) is 14.0 Å². The van der Waals surface area contributed by atoms with E-state index >= 15 is 0 Å². The number of piperazine rings is 1. The molecule has 0 atom stereocenters. The van der Waals surface area contributed by atoms with Crippen molar-refractivity contribution < 1.29 is 4.79 Å². The molecule has 0 saturated carbocycles. The molecule has 0 spiro atoms. The van der Waals surface area contributed by atoms with Gasteiger partial charge in [0.05, 0.1) is 5.56 Å². The number of amides is 1. The molecule has 0 bridgehead atoms. The highest BCUT2D eigenvalue weighted by Gasteiger charge is 2.22. The molecule has 1 amide bonds. The van der Waals surface area contributed by atoms with Gasteiger partial charge in [-0.15, -0.1) is 6.58 Å². The Bertz CT molecular complexity index is 1070. The molecule has 0 aromatic carbocycles. The zero-order valence-corrected chi connectivity index (χ0v) is 16.7. The summed E-state index contributed by atoms with van der Waals surface area (Å²) in [5.41, 5.74) is 1.23. The predicted octanol–water partition coefficient (Wildman–Crippen LogP) is 0.964. The third kappa shape index (κ3) is 4.20. The predicted molar refractivity (Wildman–Crippen MR) is 113 cm³/mol. The second-order valence-corrected chi connectivity index (χ2v) is 7.00. The second kappa shape index (κ2) is 8.71. The molecular weight excluding hydrogens is 368 g/mol. The van der Waals surface area contributed by atoms with Crippen molar-refractivity contribution >= 4 is 23.4 Å². The minimum Gasteiger partial charge on any atom is -0.353 e. The number of nitriles is 1. The van der Waals surface area contributed by atoms with Gasteiger partial charge in [-0.25, -0.2) is 4.98 Å². The van der Waals surface area contributed by atoms with Gasteiger partial charge < -0.3 is 15.1 Å². The summed E-state index contributed by atoms with van der Waals surface area (Å²) in [5, 5.41) is 12.1. The summed E-state index contributed by atoms with van der Waals surface area (Å²) < 4.78 is 1.46. The minimum atomic E-state index is -0.550. The summed E-state index contributed by atoms with van der Waals surface area (Å²) in [6.45, 7) is 8.76. The van der Waals surface area contributed by atoms with Crippen LogP contribution in [0, 0.1) is 18.3 Å². The van der Waals surface area contributed by atoms with Crippen LogP contribution in [0.3, 0.4) is 0 Å². The Morgan fingerprint density at radius 2 is 2.10 bits per heavy atom. The number of nitrogens with zero attached hydrogens (tertiary/aromatic N) is 5. The van der Waals surface area contributed by atoms with Crippen LogP contribution in [0.1, 0.15) is 11.1 Å². The summed E-state index contributed by atoms with van der Waals surface area (Å²) in [4.78, 5) is 34.6. The Kier molecular flexibility index (Phi) is 6.10. The standard InChI is InChI=1S/C21H24N6O2/c1-4-7-23-20(28)16(14-22)13-17-19(26-11-9-25(3)10-12-26)24-18-15(2)6-5-8-27(18)21(17)29/h4-6,8,13H,1,7,9-12H2,2-3H3,(H,23,28)/b16-13-. The topological polar surface area (TPSA) is 93.7 Å². The Morgan fingerprint density at radius 3 is 2.76 bits per heavy atom. The van der Waals surface area contributed by atoms with E-state index in [1.165, 1.54) is 16.6 Å². The molecule has 1 aliphatic heterocycles. The number of hydrogen-bond acceptors (Lipinski definition) is 6. The van der Waals surface area contributed by atoms with Crippen molar-refractivity contribution in [1.82, 2.24) is 19.6 Å². The average molecular weight is 392 g/mol. The number of carbonyl (C=O) groups excluding carboxylic acids is 1. The fourth-order valence-corrected chi connectivity index (χ4v) is 3.24. The lowest BCUT2D eigenvalue weighted by Crippen LogP contribution is -2.45. The molecule has 1 saturated heterocycles. The third-order valence-corrected chi connectivity index (χ3v) is 4.93. The van der Waals surface area contributed by atoms with Gasteiger partial charge >= 0.3 is 0 Å². The smallest absolute Gasteiger partial charge is 0.267 e. The van der Waals surface area contributed by atoms with E-state index in [1.54, 1.807) is 12.3 Å². The van der Waals surface area contributed by atoms with E-state index in [2.05, 4.69) is 16.8 Å². The molecule has 1 N–H and O–H groups in total. The summed E-state index contributed by atoms with van der Waals surface area (Å²) in [6, 6.07) is 5.57. The van der Waals surface area contributed by atoms with Crippen LogP contribution in [0.4, 0.5) is 5.82 Å². The first-order valence-corrected chi connectivity index (χ1v) is 9.42. The van der Waals surface area contributed by atoms with E-state index in [9.17, 15) is 14.9 Å². The molecule has 0 aliphatic carbocycles. The average Bonchev–Trinajstić information content (AvgIpc) is 2.72. The number of aromatic nitrogens is 2. The van der Waals surface area contributed by atoms with E-state index in [0.29, 0.717) is 24.6 Å². The number of aryl methyl sites for hydroxylation is 1. The highest BCUT2D eigenvalue weighted by Crippen LogP contribution is 2.21. The van der Waals surface area contributed by atoms with Crippen LogP contribution in [0.15, 0.2) is 41.4 Å². The third-order valence-electron chi connectivity index (χ3n) is 4.93. The summed E-state index contributed by atoms with van der Waals surface area (Å²) >= 11 is 0. The molecular formula is C21H24N6O2. The molecule has 3 heterocycles. The fraction of sp³-hybridized carbons (Fsp3) is 0.333. The maximum atomic E-state index is 13.3. The van der Waals surface area contributed by atoms with Gasteiger partial charge in [0, 0.05) is 38.9 Å². The molecule has 0 unspecified atom stereocenters. The van der Waals surface area contributed by atoms with Crippen molar-refractivity contribution in [2.24, 2.45) is 0 Å². The zero-order chi connectivity index (χ0) is 21.0. The van der Waals surface area contributed by atoms with E-state index < -0.39 is 5.91 Å². The van der Waals surface area contributed by atoms with Crippen LogP contribution < -0.4 is 15.8 Å². The first-order valence-electron chi connectivity index (χ1n) is 9.42. The first-order chi connectivity index (χ1) is 14.0. The van der Waals surface area contributed by atoms with Crippen LogP contribution in [-0.4, -0.2) is 60.0 Å². The Labute approximate surface area is 169 Å². The molecule has 1 fully saturated rings. The van der Waals surface area contributed by atoms with Crippen LogP contribution in [0.2, 0.25) is 0 Å². The van der Waals surface area contributed by atoms with Gasteiger partial charge in [0.15, 0.2) is 0 Å². The van der Waals surface area contributed by atoms with Gasteiger partial charge in [0.1, 0.15) is 23.1 Å². The Morgan fingerprint density at radius 1 is 1.38 bits per heavy atom. The van der Waals surface area contributed by atoms with Gasteiger partial charge in [-0.2, -0.15) is 5.26 Å². The molecule has 2 aromatic heterocycles. The van der Waals surface area contributed by atoms with E-state index in [-0.39, 0.29) is 23.2 Å². The van der Waals surface area contributed by atoms with Gasteiger partial charge in [0.2, 0.25) is 0 Å². The van der Waals surface area contributed by atoms with Gasteiger partial charge in [-0.05, 0) is 31.7 Å². The maximum Gasteiger partial charge on any atom is 0.267 e. The minimum absolute atomic E-state index is 0.145. The largest absolute Gasteiger partial charge is 0.353 e. The lowest BCUT2D eigenvalue weighted by molar-refractivity contribution is -0.116. The molecule has 1 aliphatic rings. The van der Waals surface area contributed by atoms with E-state index in [1.807, 2.05) is 31.0 Å². The monoisotopic (exact) mass is 392 g/mol. The number of fused-ring (bicyclic) bond motifs is 1. The van der Waals surface area contributed by atoms with Crippen LogP contribution >= 0.6 is 0 Å². The number of likely N-dealkylation sites (N-methyl/N-ethyl adjacent to an activating group) is 1. The van der Waals surface area contributed by atoms with Crippen molar-refractivity contribution in [2.75, 3.05) is 44.7 Å². The second-order valence-electron chi connectivity index (χ2n) is 7.00. The van der Waals surface area contributed by atoms with Gasteiger partial charge in [-0.1, -0.05) is 12.1 Å². The normalized spacial score (nSPS) is 15.2. The Hall–Kier alpha value is -3.44. The van der Waals surface area contributed by atoms with Crippen LogP contribution in [0.5, 0.6) is 0 Å². The first kappa shape index (κ1) is 20.3. The van der Waals surface area contributed by atoms with Crippen molar-refractivity contribution in [2.45, 2.75) is 6.92 Å². The number of hydrogen-bond donors (Lipinski definition) is 1. The fourth-order valence-electron chi connectivity index (χ4n) is 3.24. The molecule has 150 valence electrons. The van der Waals surface area contributed by atoms with E-state index in [0.717, 1.165) is 18.7 Å². The van der Waals surface area contributed by atoms with Crippen molar-refractivity contribution in [3.8, 4) is 6.07 Å². The van der Waals surface area contributed by atoms with Crippen LogP contribution in [-0.2, 0) is 4.79 Å². The highest BCUT2D eigenvalue weighted by atomic mass is 16.1. The zero-order valence-electron chi connectivity index (χ0n) is 16.7. The number of rotatable bonds is 5. The number of nitrogens with one attached hydrogen (secondary N) is 1. The molecule has 3 rings (SSSR count). The summed E-state index contributed by atoms with van der Waals surface area (Å²) in [7, 11) is 2.04. The number of pyridine rings is 1. The summed E-state index contributed by atoms with van der Waals surface area (Å²) in [5.74, 6) is -0.0489. The van der Waals surface area contributed by atoms with Crippen molar-refractivity contribution in [3.05, 3.63) is 58.0 Å². The lowest BCUT2D eigenvalue weighted by Gasteiger charge is -2.34. The van der Waals surface area contributed by atoms with Crippen molar-refractivity contribution in [3.63, 3.8) is 0 Å². The summed E-state index contributed by atoms with van der Waals surface area (Å²) in [6.07, 6.45) is 4.51. The molecule has 8 nitrogen and oxygen atoms in total. The highest BCUT2D eigenvalue weighted by molar-refractivity contribution is 6.02. The maximum absolute atomic E-state index is 13.3. The lowest BCUT2D eigenvalue weighted by atomic mass is 10.1. The number of carbonyl (C=O) groups is 1. The van der Waals surface area contributed by atoms with E-state index in [4.69, 9.17) is 4.98 Å². The number of anilines is 1. The molecule has 8 heteroatoms. The quantitative estimate of drug-likeness (QED) is 0.463.